The Hall–Kier alpha value is -0.890. The summed E-state index contributed by atoms with van der Waals surface area (Å²) < 4.78 is 0. The highest BCUT2D eigenvalue weighted by Crippen LogP contribution is 2.03. The van der Waals surface area contributed by atoms with Crippen molar-refractivity contribution in [1.29, 1.82) is 0 Å². The van der Waals surface area contributed by atoms with Crippen molar-refractivity contribution in [2.24, 2.45) is 5.73 Å². The van der Waals surface area contributed by atoms with Crippen LogP contribution in [0.5, 0.6) is 0 Å². The summed E-state index contributed by atoms with van der Waals surface area (Å²) in [4.78, 5) is 4.31. The normalized spacial score (nSPS) is 10.2. The highest BCUT2D eigenvalue weighted by molar-refractivity contribution is 5.13. The molecular formula is C10H16N2. The van der Waals surface area contributed by atoms with Gasteiger partial charge in [0.1, 0.15) is 0 Å². The number of aryl methyl sites for hydroxylation is 1. The van der Waals surface area contributed by atoms with Crippen LogP contribution in [0.4, 0.5) is 0 Å². The van der Waals surface area contributed by atoms with Gasteiger partial charge < -0.3 is 5.73 Å². The van der Waals surface area contributed by atoms with Gasteiger partial charge in [-0.15, -0.1) is 0 Å². The van der Waals surface area contributed by atoms with Crippen molar-refractivity contribution in [1.82, 2.24) is 4.98 Å². The Labute approximate surface area is 73.8 Å². The maximum atomic E-state index is 5.46. The number of pyridine rings is 1. The average molecular weight is 164 g/mol. The van der Waals surface area contributed by atoms with E-state index in [2.05, 4.69) is 24.0 Å². The predicted octanol–water partition coefficient (Wildman–Crippen LogP) is 1.88. The molecule has 0 saturated heterocycles. The lowest BCUT2D eigenvalue weighted by Gasteiger charge is -1.99. The van der Waals surface area contributed by atoms with Crippen molar-refractivity contribution < 1.29 is 0 Å². The fourth-order valence-corrected chi connectivity index (χ4v) is 1.08. The summed E-state index contributed by atoms with van der Waals surface area (Å²) in [6, 6.07) is 4.12. The summed E-state index contributed by atoms with van der Waals surface area (Å²) in [6.07, 6.45) is 5.39. The molecule has 2 nitrogen and oxygen atoms in total. The number of unbranched alkanes of at least 4 members (excludes halogenated alkanes) is 1. The molecule has 2 N–H and O–H groups in total. The van der Waals surface area contributed by atoms with Crippen LogP contribution in [0, 0.1) is 0 Å². The summed E-state index contributed by atoms with van der Waals surface area (Å²) in [5.41, 5.74) is 7.74. The molecule has 0 aromatic carbocycles. The third kappa shape index (κ3) is 2.62. The molecule has 0 saturated carbocycles. The lowest BCUT2D eigenvalue weighted by atomic mass is 10.1. The molecule has 0 spiro atoms. The zero-order chi connectivity index (χ0) is 8.81. The first-order valence-corrected chi connectivity index (χ1v) is 4.50. The van der Waals surface area contributed by atoms with E-state index in [-0.39, 0.29) is 0 Å². The second-order valence-corrected chi connectivity index (χ2v) is 2.97. The molecule has 1 aromatic heterocycles. The minimum absolute atomic E-state index is 0.584. The van der Waals surface area contributed by atoms with Crippen molar-refractivity contribution in [2.75, 3.05) is 0 Å². The van der Waals surface area contributed by atoms with Gasteiger partial charge in [0, 0.05) is 18.4 Å². The first-order valence-electron chi connectivity index (χ1n) is 4.50. The lowest BCUT2D eigenvalue weighted by molar-refractivity contribution is 0.775. The highest BCUT2D eigenvalue weighted by atomic mass is 14.7. The van der Waals surface area contributed by atoms with Gasteiger partial charge in [0.2, 0.25) is 0 Å². The fraction of sp³-hybridized carbons (Fsp3) is 0.500. The maximum absolute atomic E-state index is 5.46. The number of rotatable bonds is 4. The van der Waals surface area contributed by atoms with Crippen LogP contribution < -0.4 is 5.73 Å². The number of hydrogen-bond donors (Lipinski definition) is 1. The van der Waals surface area contributed by atoms with Crippen molar-refractivity contribution in [2.45, 2.75) is 32.7 Å². The molecule has 1 rings (SSSR count). The van der Waals surface area contributed by atoms with E-state index in [4.69, 9.17) is 5.73 Å². The van der Waals surface area contributed by atoms with Crippen molar-refractivity contribution in [3.63, 3.8) is 0 Å². The van der Waals surface area contributed by atoms with Crippen LogP contribution in [-0.2, 0) is 13.0 Å². The van der Waals surface area contributed by atoms with Crippen molar-refractivity contribution in [3.8, 4) is 0 Å². The molecule has 0 aliphatic carbocycles. The Kier molecular flexibility index (Phi) is 3.74. The summed E-state index contributed by atoms with van der Waals surface area (Å²) in [5, 5.41) is 0. The van der Waals surface area contributed by atoms with Gasteiger partial charge in [-0.25, -0.2) is 0 Å². The van der Waals surface area contributed by atoms with Gasteiger partial charge in [-0.05, 0) is 24.5 Å². The molecule has 1 aromatic rings. The van der Waals surface area contributed by atoms with Crippen LogP contribution in [0.15, 0.2) is 18.3 Å². The standard InChI is InChI=1S/C10H16N2/c1-2-3-4-10-6-5-9(7-11)8-12-10/h5-6,8H,2-4,7,11H2,1H3. The molecule has 0 unspecified atom stereocenters. The van der Waals surface area contributed by atoms with E-state index in [1.165, 1.54) is 18.5 Å². The Morgan fingerprint density at radius 3 is 2.75 bits per heavy atom. The molecule has 0 atom stereocenters. The molecule has 1 heterocycles. The number of nitrogens with two attached hydrogens (primary N) is 1. The predicted molar refractivity (Wildman–Crippen MR) is 50.7 cm³/mol. The van der Waals surface area contributed by atoms with Gasteiger partial charge in [0.05, 0.1) is 0 Å². The maximum Gasteiger partial charge on any atom is 0.0403 e. The zero-order valence-corrected chi connectivity index (χ0v) is 7.59. The van der Waals surface area contributed by atoms with Crippen molar-refractivity contribution >= 4 is 0 Å². The third-order valence-corrected chi connectivity index (χ3v) is 1.91. The Morgan fingerprint density at radius 2 is 2.25 bits per heavy atom. The zero-order valence-electron chi connectivity index (χ0n) is 7.59. The molecule has 0 aliphatic heterocycles. The smallest absolute Gasteiger partial charge is 0.0403 e. The molecule has 0 fully saturated rings. The Balaban J connectivity index is 2.53. The summed E-state index contributed by atoms with van der Waals surface area (Å²) in [7, 11) is 0. The summed E-state index contributed by atoms with van der Waals surface area (Å²) in [5.74, 6) is 0. The van der Waals surface area contributed by atoms with Gasteiger partial charge in [0.25, 0.3) is 0 Å². The molecule has 0 amide bonds. The van der Waals surface area contributed by atoms with Gasteiger partial charge in [0.15, 0.2) is 0 Å². The molecular weight excluding hydrogens is 148 g/mol. The topological polar surface area (TPSA) is 38.9 Å². The van der Waals surface area contributed by atoms with E-state index in [1.807, 2.05) is 6.20 Å². The number of nitrogens with zero attached hydrogens (tertiary/aromatic N) is 1. The second-order valence-electron chi connectivity index (χ2n) is 2.97. The SMILES string of the molecule is CCCCc1ccc(CN)cn1. The van der Waals surface area contributed by atoms with E-state index in [0.29, 0.717) is 6.54 Å². The van der Waals surface area contributed by atoms with Crippen LogP contribution in [-0.4, -0.2) is 4.98 Å². The Morgan fingerprint density at radius 1 is 1.42 bits per heavy atom. The summed E-state index contributed by atoms with van der Waals surface area (Å²) in [6.45, 7) is 2.77. The van der Waals surface area contributed by atoms with Gasteiger partial charge in [-0.2, -0.15) is 0 Å². The molecule has 2 heteroatoms. The van der Waals surface area contributed by atoms with E-state index >= 15 is 0 Å². The molecule has 0 bridgehead atoms. The molecule has 12 heavy (non-hydrogen) atoms. The number of hydrogen-bond acceptors (Lipinski definition) is 2. The first-order chi connectivity index (χ1) is 5.86. The van der Waals surface area contributed by atoms with E-state index in [9.17, 15) is 0 Å². The third-order valence-electron chi connectivity index (χ3n) is 1.91. The summed E-state index contributed by atoms with van der Waals surface area (Å²) >= 11 is 0. The quantitative estimate of drug-likeness (QED) is 0.738. The largest absolute Gasteiger partial charge is 0.326 e. The van der Waals surface area contributed by atoms with Gasteiger partial charge >= 0.3 is 0 Å². The monoisotopic (exact) mass is 164 g/mol. The average Bonchev–Trinajstić information content (AvgIpc) is 2.15. The van der Waals surface area contributed by atoms with Crippen LogP contribution in [0.1, 0.15) is 31.0 Å². The molecule has 0 aliphatic rings. The van der Waals surface area contributed by atoms with Gasteiger partial charge in [-0.1, -0.05) is 19.4 Å². The minimum atomic E-state index is 0.584. The van der Waals surface area contributed by atoms with Gasteiger partial charge in [-0.3, -0.25) is 4.98 Å². The molecule has 66 valence electrons. The number of aromatic nitrogens is 1. The molecule has 0 radical (unpaired) electrons. The Bertz CT molecular complexity index is 216. The lowest BCUT2D eigenvalue weighted by Crippen LogP contribution is -1.98. The minimum Gasteiger partial charge on any atom is -0.326 e. The van der Waals surface area contributed by atoms with E-state index in [1.54, 1.807) is 0 Å². The van der Waals surface area contributed by atoms with Crippen molar-refractivity contribution in [3.05, 3.63) is 29.6 Å². The van der Waals surface area contributed by atoms with Crippen LogP contribution in [0.25, 0.3) is 0 Å². The second kappa shape index (κ2) is 4.88. The fourth-order valence-electron chi connectivity index (χ4n) is 1.08. The van der Waals surface area contributed by atoms with E-state index in [0.717, 1.165) is 12.0 Å². The van der Waals surface area contributed by atoms with Crippen LogP contribution in [0.2, 0.25) is 0 Å². The first kappa shape index (κ1) is 9.20. The van der Waals surface area contributed by atoms with Crippen LogP contribution >= 0.6 is 0 Å². The van der Waals surface area contributed by atoms with E-state index < -0.39 is 0 Å². The highest BCUT2D eigenvalue weighted by Gasteiger charge is 1.93. The van der Waals surface area contributed by atoms with Crippen LogP contribution in [0.3, 0.4) is 0 Å².